The molecule has 0 spiro atoms. The lowest BCUT2D eigenvalue weighted by atomic mass is 10.1. The lowest BCUT2D eigenvalue weighted by molar-refractivity contribution is 0.0523. The van der Waals surface area contributed by atoms with Crippen LogP contribution in [0, 0.1) is 11.5 Å². The minimum Gasteiger partial charge on any atom is -0.483 e. The molecule has 0 unspecified atom stereocenters. The second-order valence-corrected chi connectivity index (χ2v) is 5.74. The summed E-state index contributed by atoms with van der Waals surface area (Å²) in [6.45, 7) is 5.97. The summed E-state index contributed by atoms with van der Waals surface area (Å²) >= 11 is 0. The Morgan fingerprint density at radius 1 is 1.50 bits per heavy atom. The highest BCUT2D eigenvalue weighted by atomic mass is 16.6. The third-order valence-corrected chi connectivity index (χ3v) is 2.68. The zero-order valence-electron chi connectivity index (χ0n) is 12.8. The molecular formula is C15H18N4O3. The van der Waals surface area contributed by atoms with Crippen LogP contribution in [0.5, 0.6) is 5.75 Å². The molecule has 1 aliphatic rings. The van der Waals surface area contributed by atoms with Crippen LogP contribution in [0.1, 0.15) is 26.3 Å². The molecule has 0 atom stereocenters. The van der Waals surface area contributed by atoms with Gasteiger partial charge in [-0.15, -0.1) is 0 Å². The number of ether oxygens (including phenoxy) is 2. The van der Waals surface area contributed by atoms with Gasteiger partial charge in [0.05, 0.1) is 0 Å². The van der Waals surface area contributed by atoms with Gasteiger partial charge in [-0.05, 0) is 38.5 Å². The predicted octanol–water partition coefficient (Wildman–Crippen LogP) is 2.20. The average Bonchev–Trinajstić information content (AvgIpc) is 2.43. The van der Waals surface area contributed by atoms with E-state index in [2.05, 4.69) is 15.6 Å². The molecule has 2 N–H and O–H groups in total. The van der Waals surface area contributed by atoms with Gasteiger partial charge in [-0.2, -0.15) is 5.26 Å². The number of alkyl carbamates (subject to hydrolysis) is 1. The van der Waals surface area contributed by atoms with E-state index in [0.29, 0.717) is 23.8 Å². The molecule has 0 radical (unpaired) electrons. The summed E-state index contributed by atoms with van der Waals surface area (Å²) in [4.78, 5) is 15.9. The highest BCUT2D eigenvalue weighted by Gasteiger charge is 2.17. The van der Waals surface area contributed by atoms with Crippen LogP contribution < -0.4 is 15.4 Å². The van der Waals surface area contributed by atoms with E-state index >= 15 is 0 Å². The number of hydrogen-bond donors (Lipinski definition) is 2. The number of amidine groups is 1. The molecule has 0 bridgehead atoms. The molecule has 0 aliphatic carbocycles. The third-order valence-electron chi connectivity index (χ3n) is 2.68. The van der Waals surface area contributed by atoms with Crippen molar-refractivity contribution in [3.8, 4) is 11.9 Å². The zero-order valence-corrected chi connectivity index (χ0v) is 12.8. The Bertz CT molecular complexity index is 641. The molecule has 22 heavy (non-hydrogen) atoms. The fourth-order valence-corrected chi connectivity index (χ4v) is 1.82. The summed E-state index contributed by atoms with van der Waals surface area (Å²) in [6, 6.07) is 5.42. The molecule has 1 aliphatic heterocycles. The summed E-state index contributed by atoms with van der Waals surface area (Å²) in [7, 11) is 0. The van der Waals surface area contributed by atoms with Crippen LogP contribution in [-0.2, 0) is 11.3 Å². The number of benzene rings is 1. The first kappa shape index (κ1) is 15.6. The Labute approximate surface area is 128 Å². The third kappa shape index (κ3) is 4.38. The molecule has 1 amide bonds. The Kier molecular flexibility index (Phi) is 4.51. The molecular weight excluding hydrogens is 284 g/mol. The molecule has 7 nitrogen and oxygen atoms in total. The van der Waals surface area contributed by atoms with Gasteiger partial charge in [0.25, 0.3) is 0 Å². The van der Waals surface area contributed by atoms with Crippen LogP contribution >= 0.6 is 0 Å². The lowest BCUT2D eigenvalue weighted by Gasteiger charge is -2.20. The SMILES string of the molecule is CC(C)(C)OC(=O)NCc1ccc2c(c1)N=C(NC#N)CO2. The Morgan fingerprint density at radius 3 is 2.95 bits per heavy atom. The standard InChI is InChI=1S/C15H18N4O3/c1-15(2,3)22-14(20)17-7-10-4-5-12-11(6-10)19-13(8-21-12)18-9-16/h4-6H,7-8H2,1-3H3,(H,17,20)(H,18,19). The van der Waals surface area contributed by atoms with Crippen LogP contribution in [0.2, 0.25) is 0 Å². The molecule has 2 rings (SSSR count). The van der Waals surface area contributed by atoms with E-state index in [-0.39, 0.29) is 6.61 Å². The van der Waals surface area contributed by atoms with Crippen molar-refractivity contribution >= 4 is 17.6 Å². The fraction of sp³-hybridized carbons (Fsp3) is 0.400. The highest BCUT2D eigenvalue weighted by molar-refractivity contribution is 5.89. The van der Waals surface area contributed by atoms with Gasteiger partial charge in [-0.25, -0.2) is 9.79 Å². The molecule has 0 fully saturated rings. The van der Waals surface area contributed by atoms with Crippen molar-refractivity contribution in [3.63, 3.8) is 0 Å². The number of nitriles is 1. The first-order valence-corrected chi connectivity index (χ1v) is 6.82. The molecule has 1 aromatic carbocycles. The van der Waals surface area contributed by atoms with Crippen LogP contribution in [0.25, 0.3) is 0 Å². The Balaban J connectivity index is 2.02. The van der Waals surface area contributed by atoms with Crippen LogP contribution in [0.15, 0.2) is 23.2 Å². The first-order valence-electron chi connectivity index (χ1n) is 6.82. The lowest BCUT2D eigenvalue weighted by Crippen LogP contribution is -2.32. The molecule has 1 aromatic rings. The number of nitrogens with zero attached hydrogens (tertiary/aromatic N) is 2. The zero-order chi connectivity index (χ0) is 16.2. The maximum Gasteiger partial charge on any atom is 0.407 e. The van der Waals surface area contributed by atoms with Crippen LogP contribution in [0.4, 0.5) is 10.5 Å². The molecule has 0 saturated carbocycles. The molecule has 0 aromatic heterocycles. The van der Waals surface area contributed by atoms with Gasteiger partial charge < -0.3 is 14.8 Å². The van der Waals surface area contributed by atoms with Gasteiger partial charge in [0, 0.05) is 6.54 Å². The number of hydrogen-bond acceptors (Lipinski definition) is 6. The van der Waals surface area contributed by atoms with E-state index < -0.39 is 11.7 Å². The molecule has 7 heteroatoms. The predicted molar refractivity (Wildman–Crippen MR) is 80.9 cm³/mol. The van der Waals surface area contributed by atoms with Gasteiger partial charge in [0.1, 0.15) is 23.6 Å². The Hall–Kier alpha value is -2.75. The minimum atomic E-state index is -0.532. The van der Waals surface area contributed by atoms with Gasteiger partial charge in [0.2, 0.25) is 0 Å². The van der Waals surface area contributed by atoms with Crippen LogP contribution in [-0.4, -0.2) is 24.1 Å². The van der Waals surface area contributed by atoms with E-state index in [1.165, 1.54) is 0 Å². The van der Waals surface area contributed by atoms with E-state index in [0.717, 1.165) is 5.56 Å². The second kappa shape index (κ2) is 6.35. The summed E-state index contributed by atoms with van der Waals surface area (Å²) < 4.78 is 10.7. The van der Waals surface area contributed by atoms with Crippen molar-refractivity contribution in [2.45, 2.75) is 32.9 Å². The number of fused-ring (bicyclic) bond motifs is 1. The van der Waals surface area contributed by atoms with E-state index in [1.54, 1.807) is 32.9 Å². The van der Waals surface area contributed by atoms with Crippen molar-refractivity contribution in [1.29, 1.82) is 5.26 Å². The van der Waals surface area contributed by atoms with Gasteiger partial charge in [0.15, 0.2) is 12.0 Å². The van der Waals surface area contributed by atoms with Crippen molar-refractivity contribution in [3.05, 3.63) is 23.8 Å². The number of aliphatic imine (C=N–C) groups is 1. The van der Waals surface area contributed by atoms with Crippen molar-refractivity contribution < 1.29 is 14.3 Å². The minimum absolute atomic E-state index is 0.232. The van der Waals surface area contributed by atoms with Crippen molar-refractivity contribution in [1.82, 2.24) is 10.6 Å². The molecule has 116 valence electrons. The highest BCUT2D eigenvalue weighted by Crippen LogP contribution is 2.31. The topological polar surface area (TPSA) is 95.7 Å². The summed E-state index contributed by atoms with van der Waals surface area (Å²) in [5.41, 5.74) is 0.943. The smallest absolute Gasteiger partial charge is 0.407 e. The van der Waals surface area contributed by atoms with E-state index in [1.807, 2.05) is 12.3 Å². The summed E-state index contributed by atoms with van der Waals surface area (Å²) in [5.74, 6) is 1.09. The van der Waals surface area contributed by atoms with Gasteiger partial charge in [-0.1, -0.05) is 6.07 Å². The normalized spacial score (nSPS) is 13.1. The summed E-state index contributed by atoms with van der Waals surface area (Å²) in [6.07, 6.45) is 1.34. The largest absolute Gasteiger partial charge is 0.483 e. The Morgan fingerprint density at radius 2 is 2.27 bits per heavy atom. The molecule has 1 heterocycles. The maximum absolute atomic E-state index is 11.6. The van der Waals surface area contributed by atoms with E-state index in [4.69, 9.17) is 14.7 Å². The quantitative estimate of drug-likeness (QED) is 0.645. The van der Waals surface area contributed by atoms with Gasteiger partial charge in [-0.3, -0.25) is 5.32 Å². The van der Waals surface area contributed by atoms with Crippen molar-refractivity contribution in [2.75, 3.05) is 6.61 Å². The van der Waals surface area contributed by atoms with Gasteiger partial charge >= 0.3 is 6.09 Å². The summed E-state index contributed by atoms with van der Waals surface area (Å²) in [5, 5.41) is 13.7. The first-order chi connectivity index (χ1) is 10.4. The van der Waals surface area contributed by atoms with Crippen molar-refractivity contribution in [2.24, 2.45) is 4.99 Å². The number of carbonyl (C=O) groups is 1. The van der Waals surface area contributed by atoms with E-state index in [9.17, 15) is 4.79 Å². The number of nitrogens with one attached hydrogen (secondary N) is 2. The molecule has 0 saturated heterocycles. The van der Waals surface area contributed by atoms with Crippen LogP contribution in [0.3, 0.4) is 0 Å². The fourth-order valence-electron chi connectivity index (χ4n) is 1.82. The maximum atomic E-state index is 11.6. The number of amides is 1. The second-order valence-electron chi connectivity index (χ2n) is 5.74. The average molecular weight is 302 g/mol. The number of carbonyl (C=O) groups excluding carboxylic acids is 1. The monoisotopic (exact) mass is 302 g/mol. The number of rotatable bonds is 2.